The molecule has 1 heteroatoms. The molecule has 0 atom stereocenters. The van der Waals surface area contributed by atoms with Crippen LogP contribution in [-0.4, -0.2) is 12.1 Å². The van der Waals surface area contributed by atoms with Crippen LogP contribution in [0.1, 0.15) is 67.7 Å². The topological polar surface area (TPSA) is 12.0 Å². The molecule has 0 spiro atoms. The summed E-state index contributed by atoms with van der Waals surface area (Å²) in [6.07, 6.45) is 10.1. The van der Waals surface area contributed by atoms with Crippen molar-refractivity contribution >= 4 is 0 Å². The zero-order valence-electron chi connectivity index (χ0n) is 14.8. The zero-order chi connectivity index (χ0) is 15.8. The monoisotopic (exact) mass is 277 g/mol. The predicted octanol–water partition coefficient (Wildman–Crippen LogP) is 5.65. The summed E-state index contributed by atoms with van der Waals surface area (Å²) >= 11 is 0. The van der Waals surface area contributed by atoms with Gasteiger partial charge in [-0.1, -0.05) is 63.6 Å². The van der Waals surface area contributed by atoms with Crippen molar-refractivity contribution in [2.24, 2.45) is 5.41 Å². The molecule has 0 heterocycles. The Bertz CT molecular complexity index is 345. The molecule has 0 fully saturated rings. The fourth-order valence-electron chi connectivity index (χ4n) is 1.76. The predicted molar refractivity (Wildman–Crippen MR) is 93.1 cm³/mol. The van der Waals surface area contributed by atoms with Crippen LogP contribution in [0.25, 0.3) is 0 Å². The molecular weight excluding hydrogens is 242 g/mol. The van der Waals surface area contributed by atoms with E-state index >= 15 is 0 Å². The first kappa shape index (κ1) is 19.2. The highest BCUT2D eigenvalue weighted by atomic mass is 14.9. The van der Waals surface area contributed by atoms with Gasteiger partial charge >= 0.3 is 0 Å². The van der Waals surface area contributed by atoms with E-state index in [-0.39, 0.29) is 11.0 Å². The average molecular weight is 277 g/mol. The highest BCUT2D eigenvalue weighted by Crippen LogP contribution is 2.28. The van der Waals surface area contributed by atoms with Crippen molar-refractivity contribution in [3.63, 3.8) is 0 Å². The van der Waals surface area contributed by atoms with Crippen molar-refractivity contribution in [2.45, 2.75) is 73.3 Å². The van der Waals surface area contributed by atoms with Gasteiger partial charge in [0.15, 0.2) is 0 Å². The van der Waals surface area contributed by atoms with Gasteiger partial charge in [-0.15, -0.1) is 0 Å². The standard InChI is InChI=1S/C19H35N/c1-9-11-17(12-10-15-20-19(6,7)8)14-13-16(2)18(3,4)5/h10-12,20H,2,9,13-15H2,1,3-8H3/b12-10-,17-11+. The van der Waals surface area contributed by atoms with Crippen molar-refractivity contribution in [1.82, 2.24) is 5.32 Å². The van der Waals surface area contributed by atoms with Gasteiger partial charge in [-0.3, -0.25) is 0 Å². The Morgan fingerprint density at radius 3 is 2.10 bits per heavy atom. The molecule has 1 N–H and O–H groups in total. The third-order valence-corrected chi connectivity index (χ3v) is 3.32. The second-order valence-electron chi connectivity index (χ2n) is 7.57. The van der Waals surface area contributed by atoms with Gasteiger partial charge in [0.2, 0.25) is 0 Å². The van der Waals surface area contributed by atoms with E-state index in [9.17, 15) is 0 Å². The fraction of sp³-hybridized carbons (Fsp3) is 0.684. The van der Waals surface area contributed by atoms with Gasteiger partial charge in [0, 0.05) is 12.1 Å². The average Bonchev–Trinajstić information content (AvgIpc) is 2.28. The molecule has 0 aliphatic carbocycles. The van der Waals surface area contributed by atoms with Gasteiger partial charge in [0.1, 0.15) is 0 Å². The Hall–Kier alpha value is -0.820. The first-order valence-electron chi connectivity index (χ1n) is 7.85. The van der Waals surface area contributed by atoms with Crippen LogP contribution in [-0.2, 0) is 0 Å². The molecule has 0 aromatic heterocycles. The van der Waals surface area contributed by atoms with E-state index in [1.165, 1.54) is 11.1 Å². The van der Waals surface area contributed by atoms with E-state index in [0.717, 1.165) is 25.8 Å². The highest BCUT2D eigenvalue weighted by molar-refractivity contribution is 5.21. The molecule has 0 aliphatic rings. The van der Waals surface area contributed by atoms with Crippen LogP contribution >= 0.6 is 0 Å². The molecule has 0 rings (SSSR count). The quantitative estimate of drug-likeness (QED) is 0.468. The minimum atomic E-state index is 0.180. The van der Waals surface area contributed by atoms with Gasteiger partial charge in [-0.05, 0) is 45.4 Å². The lowest BCUT2D eigenvalue weighted by molar-refractivity contribution is 0.449. The van der Waals surface area contributed by atoms with Crippen LogP contribution in [0.2, 0.25) is 0 Å². The van der Waals surface area contributed by atoms with Gasteiger partial charge in [-0.25, -0.2) is 0 Å². The molecule has 1 nitrogen and oxygen atoms in total. The lowest BCUT2D eigenvalue weighted by Gasteiger charge is -2.22. The van der Waals surface area contributed by atoms with E-state index in [1.807, 2.05) is 0 Å². The Labute approximate surface area is 127 Å². The van der Waals surface area contributed by atoms with Crippen LogP contribution < -0.4 is 5.32 Å². The number of hydrogen-bond donors (Lipinski definition) is 1. The first-order chi connectivity index (χ1) is 9.06. The maximum absolute atomic E-state index is 4.22. The summed E-state index contributed by atoms with van der Waals surface area (Å²) < 4.78 is 0. The largest absolute Gasteiger partial charge is 0.309 e. The van der Waals surface area contributed by atoms with E-state index < -0.39 is 0 Å². The summed E-state index contributed by atoms with van der Waals surface area (Å²) in [6, 6.07) is 0. The Morgan fingerprint density at radius 1 is 1.05 bits per heavy atom. The molecule has 0 amide bonds. The molecular formula is C19H35N. The van der Waals surface area contributed by atoms with Crippen molar-refractivity contribution in [1.29, 1.82) is 0 Å². The molecule has 0 radical (unpaired) electrons. The first-order valence-corrected chi connectivity index (χ1v) is 7.85. The molecule has 0 unspecified atom stereocenters. The van der Waals surface area contributed by atoms with Crippen LogP contribution in [0.5, 0.6) is 0 Å². The third kappa shape index (κ3) is 10.0. The van der Waals surface area contributed by atoms with Crippen LogP contribution in [0.3, 0.4) is 0 Å². The molecule has 0 saturated heterocycles. The third-order valence-electron chi connectivity index (χ3n) is 3.32. The van der Waals surface area contributed by atoms with Crippen LogP contribution in [0, 0.1) is 5.41 Å². The van der Waals surface area contributed by atoms with Crippen molar-refractivity contribution in [3.8, 4) is 0 Å². The Kier molecular flexibility index (Phi) is 8.12. The molecule has 0 aromatic carbocycles. The smallest absolute Gasteiger partial charge is 0.0142 e. The molecule has 0 bridgehead atoms. The second-order valence-corrected chi connectivity index (χ2v) is 7.57. The van der Waals surface area contributed by atoms with Crippen molar-refractivity contribution < 1.29 is 0 Å². The maximum atomic E-state index is 4.22. The summed E-state index contributed by atoms with van der Waals surface area (Å²) in [4.78, 5) is 0. The molecule has 0 saturated carbocycles. The van der Waals surface area contributed by atoms with E-state index in [0.29, 0.717) is 0 Å². The number of rotatable bonds is 7. The van der Waals surface area contributed by atoms with E-state index in [2.05, 4.69) is 78.6 Å². The molecule has 20 heavy (non-hydrogen) atoms. The highest BCUT2D eigenvalue weighted by Gasteiger charge is 2.14. The lowest BCUT2D eigenvalue weighted by Crippen LogP contribution is -2.35. The van der Waals surface area contributed by atoms with Crippen molar-refractivity contribution in [2.75, 3.05) is 6.54 Å². The van der Waals surface area contributed by atoms with Gasteiger partial charge in [-0.2, -0.15) is 0 Å². The van der Waals surface area contributed by atoms with E-state index in [1.54, 1.807) is 0 Å². The summed E-state index contributed by atoms with van der Waals surface area (Å²) in [7, 11) is 0. The summed E-state index contributed by atoms with van der Waals surface area (Å²) in [6.45, 7) is 20.6. The van der Waals surface area contributed by atoms with Crippen molar-refractivity contribution in [3.05, 3.63) is 36.0 Å². The zero-order valence-corrected chi connectivity index (χ0v) is 14.8. The van der Waals surface area contributed by atoms with Gasteiger partial charge in [0.25, 0.3) is 0 Å². The second kappa shape index (κ2) is 8.46. The summed E-state index contributed by atoms with van der Waals surface area (Å²) in [5.74, 6) is 0. The van der Waals surface area contributed by atoms with Crippen LogP contribution in [0.4, 0.5) is 0 Å². The SMILES string of the molecule is C=C(CCC(/C=C\CNC(C)(C)C)=C/CC)C(C)(C)C. The minimum Gasteiger partial charge on any atom is -0.309 e. The Morgan fingerprint density at radius 2 is 1.65 bits per heavy atom. The van der Waals surface area contributed by atoms with E-state index in [4.69, 9.17) is 0 Å². The molecule has 116 valence electrons. The lowest BCUT2D eigenvalue weighted by atomic mass is 9.84. The summed E-state index contributed by atoms with van der Waals surface area (Å²) in [5, 5.41) is 3.48. The maximum Gasteiger partial charge on any atom is 0.0142 e. The Balaban J connectivity index is 4.36. The molecule has 0 aromatic rings. The normalized spacial score (nSPS) is 14.1. The minimum absolute atomic E-state index is 0.180. The van der Waals surface area contributed by atoms with Gasteiger partial charge in [0.05, 0.1) is 0 Å². The van der Waals surface area contributed by atoms with Crippen LogP contribution in [0.15, 0.2) is 36.0 Å². The number of nitrogens with one attached hydrogen (secondary N) is 1. The molecule has 0 aliphatic heterocycles. The summed E-state index contributed by atoms with van der Waals surface area (Å²) in [5.41, 5.74) is 3.16. The van der Waals surface area contributed by atoms with Gasteiger partial charge < -0.3 is 5.32 Å². The number of hydrogen-bond acceptors (Lipinski definition) is 1. The fourth-order valence-corrected chi connectivity index (χ4v) is 1.76. The number of allylic oxidation sites excluding steroid dienone is 4.